The molecule has 88 valence electrons. The highest BCUT2D eigenvalue weighted by atomic mass is 79.9. The molecule has 0 aliphatic heterocycles. The van der Waals surface area contributed by atoms with Gasteiger partial charge in [0.25, 0.3) is 0 Å². The number of anilines is 2. The summed E-state index contributed by atoms with van der Waals surface area (Å²) >= 11 is 3.58. The summed E-state index contributed by atoms with van der Waals surface area (Å²) in [6.07, 6.45) is 0. The summed E-state index contributed by atoms with van der Waals surface area (Å²) in [4.78, 5) is 0. The molecule has 0 unspecified atom stereocenters. The van der Waals surface area contributed by atoms with Crippen LogP contribution in [0.1, 0.15) is 11.1 Å². The van der Waals surface area contributed by atoms with E-state index in [1.807, 2.05) is 30.3 Å². The van der Waals surface area contributed by atoms with E-state index >= 15 is 0 Å². The summed E-state index contributed by atoms with van der Waals surface area (Å²) in [6, 6.07) is 14.1. The van der Waals surface area contributed by atoms with E-state index < -0.39 is 0 Å². The third kappa shape index (κ3) is 2.80. The van der Waals surface area contributed by atoms with E-state index in [1.54, 1.807) is 0 Å². The average Bonchev–Trinajstić information content (AvgIpc) is 2.33. The fourth-order valence-electron chi connectivity index (χ4n) is 1.67. The van der Waals surface area contributed by atoms with Crippen LogP contribution in [-0.4, -0.2) is 0 Å². The minimum atomic E-state index is 0.731. The maximum absolute atomic E-state index is 5.90. The molecule has 0 bridgehead atoms. The molecule has 0 heterocycles. The van der Waals surface area contributed by atoms with Gasteiger partial charge in [-0.2, -0.15) is 0 Å². The standard InChI is InChI=1S/C14H15BrN2/c1-10-5-4-8-13(14(10)15)17-9-11-6-2-3-7-12(11)16/h2-8,17H,9,16H2,1H3. The Balaban J connectivity index is 2.13. The third-order valence-electron chi connectivity index (χ3n) is 2.72. The summed E-state index contributed by atoms with van der Waals surface area (Å²) in [5.41, 5.74) is 10.1. The van der Waals surface area contributed by atoms with Gasteiger partial charge in [0.2, 0.25) is 0 Å². The lowest BCUT2D eigenvalue weighted by Crippen LogP contribution is -2.03. The minimum absolute atomic E-state index is 0.731. The monoisotopic (exact) mass is 290 g/mol. The molecule has 0 spiro atoms. The highest BCUT2D eigenvalue weighted by Crippen LogP contribution is 2.26. The summed E-state index contributed by atoms with van der Waals surface area (Å²) in [7, 11) is 0. The average molecular weight is 291 g/mol. The number of benzene rings is 2. The van der Waals surface area contributed by atoms with Crippen molar-refractivity contribution in [3.05, 3.63) is 58.1 Å². The molecule has 0 saturated carbocycles. The second-order valence-electron chi connectivity index (χ2n) is 3.99. The van der Waals surface area contributed by atoms with Crippen molar-refractivity contribution in [3.63, 3.8) is 0 Å². The summed E-state index contributed by atoms with van der Waals surface area (Å²) in [5.74, 6) is 0. The molecular formula is C14H15BrN2. The highest BCUT2D eigenvalue weighted by molar-refractivity contribution is 9.10. The highest BCUT2D eigenvalue weighted by Gasteiger charge is 2.02. The topological polar surface area (TPSA) is 38.0 Å². The number of nitrogens with two attached hydrogens (primary N) is 1. The van der Waals surface area contributed by atoms with Crippen LogP contribution in [0.25, 0.3) is 0 Å². The van der Waals surface area contributed by atoms with Gasteiger partial charge >= 0.3 is 0 Å². The third-order valence-corrected chi connectivity index (χ3v) is 3.77. The predicted molar refractivity (Wildman–Crippen MR) is 77.1 cm³/mol. The molecule has 17 heavy (non-hydrogen) atoms. The molecule has 0 aliphatic rings. The van der Waals surface area contributed by atoms with E-state index in [0.717, 1.165) is 28.0 Å². The van der Waals surface area contributed by atoms with E-state index in [2.05, 4.69) is 40.3 Å². The smallest absolute Gasteiger partial charge is 0.0490 e. The SMILES string of the molecule is Cc1cccc(NCc2ccccc2N)c1Br. The van der Waals surface area contributed by atoms with Gasteiger partial charge in [0.05, 0.1) is 0 Å². The quantitative estimate of drug-likeness (QED) is 0.840. The van der Waals surface area contributed by atoms with Gasteiger partial charge in [0.15, 0.2) is 0 Å². The molecule has 0 saturated heterocycles. The molecule has 2 nitrogen and oxygen atoms in total. The van der Waals surface area contributed by atoms with Crippen LogP contribution in [0.2, 0.25) is 0 Å². The maximum Gasteiger partial charge on any atom is 0.0490 e. The molecule has 2 rings (SSSR count). The second-order valence-corrected chi connectivity index (χ2v) is 4.78. The number of halogens is 1. The van der Waals surface area contributed by atoms with Crippen molar-refractivity contribution in [2.45, 2.75) is 13.5 Å². The number of hydrogen-bond donors (Lipinski definition) is 2. The fourth-order valence-corrected chi connectivity index (χ4v) is 2.07. The van der Waals surface area contributed by atoms with Crippen LogP contribution in [0.4, 0.5) is 11.4 Å². The van der Waals surface area contributed by atoms with Gasteiger partial charge in [0.1, 0.15) is 0 Å². The maximum atomic E-state index is 5.90. The van der Waals surface area contributed by atoms with Crippen LogP contribution in [0.15, 0.2) is 46.9 Å². The minimum Gasteiger partial charge on any atom is -0.398 e. The Morgan fingerprint density at radius 1 is 1.12 bits per heavy atom. The Hall–Kier alpha value is -1.48. The first kappa shape index (κ1) is 12.0. The Morgan fingerprint density at radius 2 is 1.88 bits per heavy atom. The number of aryl methyl sites for hydroxylation is 1. The number of para-hydroxylation sites is 1. The van der Waals surface area contributed by atoms with Crippen LogP contribution < -0.4 is 11.1 Å². The van der Waals surface area contributed by atoms with E-state index in [9.17, 15) is 0 Å². The Kier molecular flexibility index (Phi) is 3.69. The lowest BCUT2D eigenvalue weighted by atomic mass is 10.1. The fraction of sp³-hybridized carbons (Fsp3) is 0.143. The van der Waals surface area contributed by atoms with Gasteiger partial charge < -0.3 is 11.1 Å². The van der Waals surface area contributed by atoms with E-state index in [0.29, 0.717) is 0 Å². The number of nitrogen functional groups attached to an aromatic ring is 1. The zero-order valence-electron chi connectivity index (χ0n) is 9.70. The predicted octanol–water partition coefficient (Wildman–Crippen LogP) is 3.95. The molecule has 2 aromatic rings. The molecule has 0 amide bonds. The van der Waals surface area contributed by atoms with Gasteiger partial charge in [0, 0.05) is 22.4 Å². The lowest BCUT2D eigenvalue weighted by Gasteiger charge is -2.11. The second kappa shape index (κ2) is 5.23. The first-order chi connectivity index (χ1) is 8.18. The van der Waals surface area contributed by atoms with Crippen LogP contribution >= 0.6 is 15.9 Å². The van der Waals surface area contributed by atoms with E-state index in [-0.39, 0.29) is 0 Å². The van der Waals surface area contributed by atoms with Crippen molar-refractivity contribution in [1.82, 2.24) is 0 Å². The molecule has 0 aromatic heterocycles. The summed E-state index contributed by atoms with van der Waals surface area (Å²) in [5, 5.41) is 3.38. The van der Waals surface area contributed by atoms with Crippen molar-refractivity contribution in [1.29, 1.82) is 0 Å². The van der Waals surface area contributed by atoms with Crippen LogP contribution in [-0.2, 0) is 6.54 Å². The van der Waals surface area contributed by atoms with Crippen LogP contribution in [0, 0.1) is 6.92 Å². The molecule has 0 radical (unpaired) electrons. The summed E-state index contributed by atoms with van der Waals surface area (Å²) in [6.45, 7) is 2.81. The van der Waals surface area contributed by atoms with Crippen LogP contribution in [0.3, 0.4) is 0 Å². The first-order valence-corrected chi connectivity index (χ1v) is 6.30. The number of hydrogen-bond acceptors (Lipinski definition) is 2. The van der Waals surface area contributed by atoms with E-state index in [4.69, 9.17) is 5.73 Å². The number of rotatable bonds is 3. The Morgan fingerprint density at radius 3 is 2.65 bits per heavy atom. The number of nitrogens with one attached hydrogen (secondary N) is 1. The Labute approximate surface area is 110 Å². The first-order valence-electron chi connectivity index (χ1n) is 5.51. The molecule has 0 fully saturated rings. The van der Waals surface area contributed by atoms with Gasteiger partial charge in [-0.05, 0) is 46.1 Å². The largest absolute Gasteiger partial charge is 0.398 e. The van der Waals surface area contributed by atoms with Gasteiger partial charge in [-0.3, -0.25) is 0 Å². The van der Waals surface area contributed by atoms with Crippen LogP contribution in [0.5, 0.6) is 0 Å². The van der Waals surface area contributed by atoms with Crippen molar-refractivity contribution in [2.24, 2.45) is 0 Å². The Bertz CT molecular complexity index is 523. The molecule has 0 aliphatic carbocycles. The molecule has 2 aromatic carbocycles. The van der Waals surface area contributed by atoms with E-state index in [1.165, 1.54) is 5.56 Å². The van der Waals surface area contributed by atoms with Crippen molar-refractivity contribution in [2.75, 3.05) is 11.1 Å². The van der Waals surface area contributed by atoms with Gasteiger partial charge in [-0.1, -0.05) is 30.3 Å². The van der Waals surface area contributed by atoms with Gasteiger partial charge in [-0.15, -0.1) is 0 Å². The van der Waals surface area contributed by atoms with Gasteiger partial charge in [-0.25, -0.2) is 0 Å². The zero-order valence-corrected chi connectivity index (χ0v) is 11.3. The molecular weight excluding hydrogens is 276 g/mol. The normalized spacial score (nSPS) is 10.2. The van der Waals surface area contributed by atoms with Crippen molar-refractivity contribution in [3.8, 4) is 0 Å². The molecule has 3 heteroatoms. The molecule has 3 N–H and O–H groups in total. The zero-order chi connectivity index (χ0) is 12.3. The van der Waals surface area contributed by atoms with Crippen molar-refractivity contribution < 1.29 is 0 Å². The summed E-state index contributed by atoms with van der Waals surface area (Å²) < 4.78 is 1.11. The molecule has 0 atom stereocenters. The lowest BCUT2D eigenvalue weighted by molar-refractivity contribution is 1.15. The van der Waals surface area contributed by atoms with Crippen molar-refractivity contribution >= 4 is 27.3 Å².